The number of fused-ring (bicyclic) bond motifs is 1. The maximum atomic E-state index is 11.0. The van der Waals surface area contributed by atoms with Crippen LogP contribution in [-0.2, 0) is 11.2 Å². The van der Waals surface area contributed by atoms with Gasteiger partial charge in [0.1, 0.15) is 0 Å². The SMILES string of the molecule is O=C(O)C1CCC(NCCc2cccc3ccccc23)CC1. The number of rotatable bonds is 5. The molecule has 0 aliphatic heterocycles. The van der Waals surface area contributed by atoms with E-state index in [0.29, 0.717) is 6.04 Å². The molecule has 0 saturated heterocycles. The third-order valence-corrected chi connectivity index (χ3v) is 4.78. The van der Waals surface area contributed by atoms with Crippen molar-refractivity contribution in [1.29, 1.82) is 0 Å². The fourth-order valence-electron chi connectivity index (χ4n) is 3.47. The highest BCUT2D eigenvalue weighted by atomic mass is 16.4. The maximum Gasteiger partial charge on any atom is 0.306 e. The Bertz CT molecular complexity index is 639. The zero-order valence-corrected chi connectivity index (χ0v) is 12.8. The Morgan fingerprint density at radius 3 is 2.55 bits per heavy atom. The number of benzene rings is 2. The highest BCUT2D eigenvalue weighted by molar-refractivity contribution is 5.85. The number of carbonyl (C=O) groups is 1. The summed E-state index contributed by atoms with van der Waals surface area (Å²) in [4.78, 5) is 11.0. The summed E-state index contributed by atoms with van der Waals surface area (Å²) in [6.07, 6.45) is 4.59. The lowest BCUT2D eigenvalue weighted by molar-refractivity contribution is -0.142. The van der Waals surface area contributed by atoms with Crippen LogP contribution in [0.25, 0.3) is 10.8 Å². The van der Waals surface area contributed by atoms with Gasteiger partial charge in [0.05, 0.1) is 5.92 Å². The lowest BCUT2D eigenvalue weighted by Gasteiger charge is -2.27. The molecule has 3 nitrogen and oxygen atoms in total. The van der Waals surface area contributed by atoms with Crippen LogP contribution in [0, 0.1) is 5.92 Å². The molecule has 0 amide bonds. The Hall–Kier alpha value is -1.87. The number of aliphatic carboxylic acids is 1. The van der Waals surface area contributed by atoms with E-state index in [2.05, 4.69) is 47.8 Å². The molecule has 1 aliphatic carbocycles. The number of hydrogen-bond acceptors (Lipinski definition) is 2. The smallest absolute Gasteiger partial charge is 0.306 e. The molecule has 2 N–H and O–H groups in total. The second kappa shape index (κ2) is 6.93. The first kappa shape index (κ1) is 15.0. The fourth-order valence-corrected chi connectivity index (χ4v) is 3.47. The molecule has 1 fully saturated rings. The zero-order valence-electron chi connectivity index (χ0n) is 12.8. The standard InChI is InChI=1S/C19H23NO2/c21-19(22)16-8-10-17(11-9-16)20-13-12-15-6-3-5-14-4-1-2-7-18(14)15/h1-7,16-17,20H,8-13H2,(H,21,22). The number of hydrogen-bond donors (Lipinski definition) is 2. The highest BCUT2D eigenvalue weighted by Crippen LogP contribution is 2.24. The number of nitrogens with one attached hydrogen (secondary N) is 1. The van der Waals surface area contributed by atoms with Gasteiger partial charge in [0.15, 0.2) is 0 Å². The summed E-state index contributed by atoms with van der Waals surface area (Å²) in [5.41, 5.74) is 1.38. The molecule has 0 unspecified atom stereocenters. The van der Waals surface area contributed by atoms with Crippen molar-refractivity contribution in [2.75, 3.05) is 6.54 Å². The first-order chi connectivity index (χ1) is 10.7. The predicted molar refractivity (Wildman–Crippen MR) is 89.0 cm³/mol. The molecule has 22 heavy (non-hydrogen) atoms. The molecule has 0 bridgehead atoms. The summed E-state index contributed by atoms with van der Waals surface area (Å²) in [5, 5.41) is 15.3. The van der Waals surface area contributed by atoms with Crippen molar-refractivity contribution in [3.63, 3.8) is 0 Å². The van der Waals surface area contributed by atoms with Gasteiger partial charge in [-0.15, -0.1) is 0 Å². The Balaban J connectivity index is 1.52. The lowest BCUT2D eigenvalue weighted by Crippen LogP contribution is -2.36. The fraction of sp³-hybridized carbons (Fsp3) is 0.421. The van der Waals surface area contributed by atoms with Gasteiger partial charge in [-0.05, 0) is 55.0 Å². The summed E-state index contributed by atoms with van der Waals surface area (Å²) < 4.78 is 0. The maximum absolute atomic E-state index is 11.0. The van der Waals surface area contributed by atoms with E-state index in [9.17, 15) is 4.79 Å². The third-order valence-electron chi connectivity index (χ3n) is 4.78. The van der Waals surface area contributed by atoms with E-state index in [1.54, 1.807) is 0 Å². The minimum atomic E-state index is -0.630. The molecule has 1 aliphatic rings. The van der Waals surface area contributed by atoms with Gasteiger partial charge in [-0.2, -0.15) is 0 Å². The summed E-state index contributed by atoms with van der Waals surface area (Å²) >= 11 is 0. The van der Waals surface area contributed by atoms with Crippen LogP contribution in [0.4, 0.5) is 0 Å². The number of carboxylic acids is 1. The van der Waals surface area contributed by atoms with Crippen molar-refractivity contribution in [2.24, 2.45) is 5.92 Å². The molecule has 2 aromatic rings. The van der Waals surface area contributed by atoms with Crippen LogP contribution >= 0.6 is 0 Å². The van der Waals surface area contributed by atoms with E-state index in [4.69, 9.17) is 5.11 Å². The molecule has 1 saturated carbocycles. The van der Waals surface area contributed by atoms with Gasteiger partial charge in [-0.25, -0.2) is 0 Å². The zero-order chi connectivity index (χ0) is 15.4. The molecule has 0 aromatic heterocycles. The van der Waals surface area contributed by atoms with Gasteiger partial charge in [0.25, 0.3) is 0 Å². The van der Waals surface area contributed by atoms with Crippen molar-refractivity contribution >= 4 is 16.7 Å². The van der Waals surface area contributed by atoms with Crippen molar-refractivity contribution in [1.82, 2.24) is 5.32 Å². The lowest BCUT2D eigenvalue weighted by atomic mass is 9.86. The van der Waals surface area contributed by atoms with E-state index >= 15 is 0 Å². The molecule has 116 valence electrons. The van der Waals surface area contributed by atoms with Gasteiger partial charge in [0.2, 0.25) is 0 Å². The minimum Gasteiger partial charge on any atom is -0.481 e. The molecular formula is C19H23NO2. The van der Waals surface area contributed by atoms with Gasteiger partial charge < -0.3 is 10.4 Å². The largest absolute Gasteiger partial charge is 0.481 e. The van der Waals surface area contributed by atoms with Crippen LogP contribution in [0.15, 0.2) is 42.5 Å². The normalized spacial score (nSPS) is 21.8. The molecule has 3 heteroatoms. The Kier molecular flexibility index (Phi) is 4.74. The van der Waals surface area contributed by atoms with Crippen LogP contribution in [0.5, 0.6) is 0 Å². The van der Waals surface area contributed by atoms with Gasteiger partial charge in [0, 0.05) is 6.04 Å². The number of carboxylic acid groups (broad SMARTS) is 1. The highest BCUT2D eigenvalue weighted by Gasteiger charge is 2.25. The van der Waals surface area contributed by atoms with Crippen molar-refractivity contribution < 1.29 is 9.90 Å². The molecule has 0 spiro atoms. The summed E-state index contributed by atoms with van der Waals surface area (Å²) in [7, 11) is 0. The third kappa shape index (κ3) is 3.47. The summed E-state index contributed by atoms with van der Waals surface area (Å²) in [6, 6.07) is 15.4. The van der Waals surface area contributed by atoms with Crippen LogP contribution in [0.3, 0.4) is 0 Å². The Morgan fingerprint density at radius 2 is 1.77 bits per heavy atom. The average Bonchev–Trinajstić information content (AvgIpc) is 2.55. The molecule has 0 atom stereocenters. The first-order valence-electron chi connectivity index (χ1n) is 8.17. The second-order valence-corrected chi connectivity index (χ2v) is 6.23. The molecular weight excluding hydrogens is 274 g/mol. The molecule has 0 radical (unpaired) electrons. The Labute approximate surface area is 131 Å². The van der Waals surface area contributed by atoms with Crippen molar-refractivity contribution in [3.05, 3.63) is 48.0 Å². The van der Waals surface area contributed by atoms with E-state index in [0.717, 1.165) is 38.6 Å². The quantitative estimate of drug-likeness (QED) is 0.886. The predicted octanol–water partition coefficient (Wildman–Crippen LogP) is 3.62. The van der Waals surface area contributed by atoms with Crippen molar-refractivity contribution in [3.8, 4) is 0 Å². The average molecular weight is 297 g/mol. The monoisotopic (exact) mass is 297 g/mol. The first-order valence-corrected chi connectivity index (χ1v) is 8.17. The molecule has 2 aromatic carbocycles. The van der Waals surface area contributed by atoms with Crippen molar-refractivity contribution in [2.45, 2.75) is 38.1 Å². The van der Waals surface area contributed by atoms with E-state index in [1.165, 1.54) is 16.3 Å². The van der Waals surface area contributed by atoms with Crippen LogP contribution in [0.2, 0.25) is 0 Å². The topological polar surface area (TPSA) is 49.3 Å². The van der Waals surface area contributed by atoms with Gasteiger partial charge in [-0.1, -0.05) is 42.5 Å². The minimum absolute atomic E-state index is 0.129. The van der Waals surface area contributed by atoms with E-state index in [-0.39, 0.29) is 5.92 Å². The second-order valence-electron chi connectivity index (χ2n) is 6.23. The van der Waals surface area contributed by atoms with E-state index in [1.807, 2.05) is 0 Å². The molecule has 0 heterocycles. The van der Waals surface area contributed by atoms with Crippen LogP contribution < -0.4 is 5.32 Å². The van der Waals surface area contributed by atoms with Gasteiger partial charge in [-0.3, -0.25) is 4.79 Å². The van der Waals surface area contributed by atoms with E-state index < -0.39 is 5.97 Å². The molecule has 3 rings (SSSR count). The van der Waals surface area contributed by atoms with Crippen LogP contribution in [-0.4, -0.2) is 23.7 Å². The summed E-state index contributed by atoms with van der Waals surface area (Å²) in [6.45, 7) is 0.955. The van der Waals surface area contributed by atoms with Gasteiger partial charge >= 0.3 is 5.97 Å². The Morgan fingerprint density at radius 1 is 1.05 bits per heavy atom. The van der Waals surface area contributed by atoms with Crippen LogP contribution in [0.1, 0.15) is 31.2 Å². The summed E-state index contributed by atoms with van der Waals surface area (Å²) in [5.74, 6) is -0.759.